The molecule has 1 N–H and O–H groups in total. The summed E-state index contributed by atoms with van der Waals surface area (Å²) >= 11 is 0. The van der Waals surface area contributed by atoms with Crippen molar-refractivity contribution in [2.24, 2.45) is 5.92 Å². The molecule has 8 heteroatoms. The van der Waals surface area contributed by atoms with Crippen LogP contribution in [0.25, 0.3) is 0 Å². The quantitative estimate of drug-likeness (QED) is 0.568. The highest BCUT2D eigenvalue weighted by molar-refractivity contribution is 5.96. The second-order valence-corrected chi connectivity index (χ2v) is 7.66. The highest BCUT2D eigenvalue weighted by Gasteiger charge is 2.28. The molecule has 1 aromatic carbocycles. The van der Waals surface area contributed by atoms with Crippen molar-refractivity contribution in [2.75, 3.05) is 51.3 Å². The van der Waals surface area contributed by atoms with Gasteiger partial charge in [0.05, 0.1) is 24.2 Å². The van der Waals surface area contributed by atoms with Gasteiger partial charge in [0.25, 0.3) is 5.69 Å². The molecule has 1 atom stereocenters. The van der Waals surface area contributed by atoms with Gasteiger partial charge in [0.1, 0.15) is 5.69 Å². The summed E-state index contributed by atoms with van der Waals surface area (Å²) in [4.78, 5) is 27.9. The Morgan fingerprint density at radius 2 is 1.93 bits per heavy atom. The molecule has 154 valence electrons. The van der Waals surface area contributed by atoms with Gasteiger partial charge in [-0.3, -0.25) is 24.7 Å². The zero-order valence-corrected chi connectivity index (χ0v) is 16.5. The minimum absolute atomic E-state index is 0.0788. The van der Waals surface area contributed by atoms with Gasteiger partial charge in [0.2, 0.25) is 5.91 Å². The maximum Gasteiger partial charge on any atom is 0.292 e. The average molecular weight is 390 g/mol. The van der Waals surface area contributed by atoms with Crippen LogP contribution in [0, 0.1) is 16.0 Å². The smallest absolute Gasteiger partial charge is 0.292 e. The molecule has 0 aromatic heterocycles. The number of hydrogen-bond acceptors (Lipinski definition) is 6. The Kier molecular flexibility index (Phi) is 7.36. The molecule has 2 aliphatic heterocycles. The number of para-hydroxylation sites is 2. The first-order valence-electron chi connectivity index (χ1n) is 10.1. The molecule has 0 spiro atoms. The van der Waals surface area contributed by atoms with Gasteiger partial charge in [-0.2, -0.15) is 0 Å². The number of carbonyl (C=O) groups is 1. The Balaban J connectivity index is 1.44. The molecule has 28 heavy (non-hydrogen) atoms. The van der Waals surface area contributed by atoms with Crippen molar-refractivity contribution >= 4 is 17.3 Å². The zero-order chi connectivity index (χ0) is 19.9. The van der Waals surface area contributed by atoms with Crippen molar-refractivity contribution in [1.82, 2.24) is 9.80 Å². The van der Waals surface area contributed by atoms with E-state index in [9.17, 15) is 14.9 Å². The molecular weight excluding hydrogens is 360 g/mol. The van der Waals surface area contributed by atoms with Crippen molar-refractivity contribution in [3.63, 3.8) is 0 Å². The molecule has 1 aromatic rings. The second-order valence-electron chi connectivity index (χ2n) is 7.66. The van der Waals surface area contributed by atoms with E-state index < -0.39 is 4.92 Å². The van der Waals surface area contributed by atoms with Gasteiger partial charge in [-0.05, 0) is 57.8 Å². The predicted octanol–water partition coefficient (Wildman–Crippen LogP) is 2.36. The Hall–Kier alpha value is -2.03. The maximum absolute atomic E-state index is 12.6. The second kappa shape index (κ2) is 9.95. The molecule has 0 saturated carbocycles. The highest BCUT2D eigenvalue weighted by atomic mass is 16.6. The first-order chi connectivity index (χ1) is 13.5. The van der Waals surface area contributed by atoms with Crippen molar-refractivity contribution in [1.29, 1.82) is 0 Å². The number of nitro benzene ring substituents is 1. The summed E-state index contributed by atoms with van der Waals surface area (Å²) in [5, 5.41) is 13.8. The number of anilines is 1. The molecule has 1 unspecified atom stereocenters. The van der Waals surface area contributed by atoms with E-state index in [0.717, 1.165) is 58.8 Å². The number of morpholine rings is 1. The molecule has 2 fully saturated rings. The number of likely N-dealkylation sites (tertiary alicyclic amines) is 1. The number of rotatable bonds is 7. The molecule has 1 amide bonds. The maximum atomic E-state index is 12.6. The standard InChI is InChI=1S/C20H30N4O4/c1-16(20(25)21-18-4-2-3-5-19(18)24(26)27)23-10-7-17(8-11-23)6-9-22-12-14-28-15-13-22/h2-5,16-17H,6-15H2,1H3,(H,21,25). The van der Waals surface area contributed by atoms with E-state index in [1.54, 1.807) is 18.2 Å². The number of amides is 1. The van der Waals surface area contributed by atoms with Crippen LogP contribution in [0.15, 0.2) is 24.3 Å². The van der Waals surface area contributed by atoms with Crippen LogP contribution in [0.4, 0.5) is 11.4 Å². The van der Waals surface area contributed by atoms with Gasteiger partial charge in [0.15, 0.2) is 0 Å². The van der Waals surface area contributed by atoms with Crippen molar-refractivity contribution in [3.05, 3.63) is 34.4 Å². The lowest BCUT2D eigenvalue weighted by atomic mass is 9.92. The summed E-state index contributed by atoms with van der Waals surface area (Å²) in [7, 11) is 0. The van der Waals surface area contributed by atoms with Gasteiger partial charge in [-0.25, -0.2) is 0 Å². The van der Waals surface area contributed by atoms with E-state index in [4.69, 9.17) is 4.74 Å². The SMILES string of the molecule is CC(C(=O)Nc1ccccc1[N+](=O)[O-])N1CCC(CCN2CCOCC2)CC1. The van der Waals surface area contributed by atoms with Gasteiger partial charge in [0, 0.05) is 19.2 Å². The van der Waals surface area contributed by atoms with Gasteiger partial charge in [-0.1, -0.05) is 12.1 Å². The van der Waals surface area contributed by atoms with Crippen molar-refractivity contribution in [2.45, 2.75) is 32.2 Å². The summed E-state index contributed by atoms with van der Waals surface area (Å²) in [5.41, 5.74) is 0.176. The molecule has 2 aliphatic rings. The highest BCUT2D eigenvalue weighted by Crippen LogP contribution is 2.25. The minimum Gasteiger partial charge on any atom is -0.379 e. The molecule has 0 bridgehead atoms. The third-order valence-electron chi connectivity index (χ3n) is 5.89. The lowest BCUT2D eigenvalue weighted by molar-refractivity contribution is -0.383. The van der Waals surface area contributed by atoms with E-state index in [-0.39, 0.29) is 23.3 Å². The van der Waals surface area contributed by atoms with Crippen LogP contribution in [0.2, 0.25) is 0 Å². The summed E-state index contributed by atoms with van der Waals surface area (Å²) in [5.74, 6) is 0.505. The fraction of sp³-hybridized carbons (Fsp3) is 0.650. The number of carbonyl (C=O) groups excluding carboxylic acids is 1. The largest absolute Gasteiger partial charge is 0.379 e. The Morgan fingerprint density at radius 3 is 2.61 bits per heavy atom. The van der Waals surface area contributed by atoms with Gasteiger partial charge < -0.3 is 10.1 Å². The lowest BCUT2D eigenvalue weighted by Crippen LogP contribution is -2.46. The van der Waals surface area contributed by atoms with E-state index in [1.165, 1.54) is 12.5 Å². The molecule has 0 aliphatic carbocycles. The fourth-order valence-corrected chi connectivity index (χ4v) is 3.96. The molecule has 8 nitrogen and oxygen atoms in total. The van der Waals surface area contributed by atoms with Crippen LogP contribution in [0.3, 0.4) is 0 Å². The number of piperidine rings is 1. The average Bonchev–Trinajstić information content (AvgIpc) is 2.73. The fourth-order valence-electron chi connectivity index (χ4n) is 3.96. The topological polar surface area (TPSA) is 87.9 Å². The van der Waals surface area contributed by atoms with Crippen molar-refractivity contribution in [3.8, 4) is 0 Å². The number of nitro groups is 1. The Bertz CT molecular complexity index is 670. The first-order valence-corrected chi connectivity index (χ1v) is 10.1. The number of benzene rings is 1. The number of nitrogens with one attached hydrogen (secondary N) is 1. The van der Waals surface area contributed by atoms with Crippen LogP contribution in [-0.2, 0) is 9.53 Å². The summed E-state index contributed by atoms with van der Waals surface area (Å²) in [6, 6.07) is 5.95. The molecule has 2 heterocycles. The van der Waals surface area contributed by atoms with Crippen LogP contribution < -0.4 is 5.32 Å². The summed E-state index contributed by atoms with van der Waals surface area (Å²) in [6.45, 7) is 8.51. The van der Waals surface area contributed by atoms with Gasteiger partial charge >= 0.3 is 0 Å². The van der Waals surface area contributed by atoms with E-state index >= 15 is 0 Å². The zero-order valence-electron chi connectivity index (χ0n) is 16.5. The summed E-state index contributed by atoms with van der Waals surface area (Å²) < 4.78 is 5.39. The lowest BCUT2D eigenvalue weighted by Gasteiger charge is -2.36. The number of ether oxygens (including phenoxy) is 1. The van der Waals surface area contributed by atoms with E-state index in [2.05, 4.69) is 15.1 Å². The Morgan fingerprint density at radius 1 is 1.25 bits per heavy atom. The van der Waals surface area contributed by atoms with Crippen LogP contribution >= 0.6 is 0 Å². The number of nitrogens with zero attached hydrogens (tertiary/aromatic N) is 3. The normalized spacial score (nSPS) is 20.6. The van der Waals surface area contributed by atoms with Crippen LogP contribution in [-0.4, -0.2) is 72.6 Å². The monoisotopic (exact) mass is 390 g/mol. The van der Waals surface area contributed by atoms with E-state index in [1.807, 2.05) is 6.92 Å². The van der Waals surface area contributed by atoms with E-state index in [0.29, 0.717) is 5.92 Å². The summed E-state index contributed by atoms with van der Waals surface area (Å²) in [6.07, 6.45) is 3.38. The molecular formula is C20H30N4O4. The minimum atomic E-state index is -0.472. The molecule has 0 radical (unpaired) electrons. The van der Waals surface area contributed by atoms with Crippen LogP contribution in [0.1, 0.15) is 26.2 Å². The molecule has 3 rings (SSSR count). The van der Waals surface area contributed by atoms with Crippen LogP contribution in [0.5, 0.6) is 0 Å². The third-order valence-corrected chi connectivity index (χ3v) is 5.89. The van der Waals surface area contributed by atoms with Crippen molar-refractivity contribution < 1.29 is 14.5 Å². The molecule has 2 saturated heterocycles. The Labute approximate surface area is 166 Å². The predicted molar refractivity (Wildman–Crippen MR) is 107 cm³/mol. The number of hydrogen-bond donors (Lipinski definition) is 1. The third kappa shape index (κ3) is 5.50. The van der Waals surface area contributed by atoms with Gasteiger partial charge in [-0.15, -0.1) is 0 Å². The first kappa shape index (κ1) is 20.7.